The highest BCUT2D eigenvalue weighted by Gasteiger charge is 2.30. The van der Waals surface area contributed by atoms with Crippen LogP contribution in [-0.4, -0.2) is 22.2 Å². The molecule has 0 radical (unpaired) electrons. The van der Waals surface area contributed by atoms with Crippen LogP contribution >= 0.6 is 23.5 Å². The van der Waals surface area contributed by atoms with Crippen LogP contribution in [0.25, 0.3) is 16.7 Å². The number of allylic oxidation sites excluding steroid dienone is 1. The highest BCUT2D eigenvalue weighted by Crippen LogP contribution is 2.45. The van der Waals surface area contributed by atoms with Gasteiger partial charge in [0.05, 0.1) is 5.56 Å². The van der Waals surface area contributed by atoms with Crippen LogP contribution in [0.3, 0.4) is 0 Å². The summed E-state index contributed by atoms with van der Waals surface area (Å²) < 4.78 is 41.5. The molecule has 2 unspecified atom stereocenters. The molecule has 0 bridgehead atoms. The molecule has 3 heterocycles. The van der Waals surface area contributed by atoms with Crippen LogP contribution in [0.15, 0.2) is 47.4 Å². The first-order chi connectivity index (χ1) is 14.5. The second-order valence-electron chi connectivity index (χ2n) is 7.54. The van der Waals surface area contributed by atoms with Crippen LogP contribution in [0.5, 0.6) is 0 Å². The first kappa shape index (κ1) is 19.8. The van der Waals surface area contributed by atoms with Crippen molar-refractivity contribution in [3.8, 4) is 11.1 Å². The van der Waals surface area contributed by atoms with Crippen LogP contribution in [0.1, 0.15) is 24.8 Å². The normalized spacial score (nSPS) is 24.3. The fourth-order valence-electron chi connectivity index (χ4n) is 4.13. The summed E-state index contributed by atoms with van der Waals surface area (Å²) in [7, 11) is 0. The third-order valence-corrected chi connectivity index (χ3v) is 8.46. The molecule has 5 rings (SSSR count). The molecule has 0 aromatic heterocycles. The first-order valence-electron chi connectivity index (χ1n) is 9.80. The summed E-state index contributed by atoms with van der Waals surface area (Å²) >= 11 is 3.83. The largest absolute Gasteiger partial charge is 0.321 e. The van der Waals surface area contributed by atoms with Gasteiger partial charge in [-0.1, -0.05) is 24.3 Å². The van der Waals surface area contributed by atoms with Crippen molar-refractivity contribution in [3.05, 3.63) is 70.4 Å². The Bertz CT molecular complexity index is 1080. The lowest BCUT2D eigenvalue weighted by atomic mass is 9.99. The van der Waals surface area contributed by atoms with Crippen LogP contribution in [-0.2, 0) is 4.79 Å². The highest BCUT2D eigenvalue weighted by atomic mass is 32.2. The molecule has 1 amide bonds. The van der Waals surface area contributed by atoms with E-state index >= 15 is 0 Å². The molecule has 0 aliphatic carbocycles. The summed E-state index contributed by atoms with van der Waals surface area (Å²) in [4.78, 5) is 14.0. The maximum Gasteiger partial charge on any atom is 0.256 e. The Balaban J connectivity index is 1.41. The molecule has 3 aliphatic heterocycles. The molecule has 0 saturated carbocycles. The van der Waals surface area contributed by atoms with Crippen molar-refractivity contribution in [2.24, 2.45) is 0 Å². The van der Waals surface area contributed by atoms with Crippen molar-refractivity contribution in [2.45, 2.75) is 29.8 Å². The molecular formula is C23H18F3NOS2. The Labute approximate surface area is 181 Å². The first-order valence-corrected chi connectivity index (χ1v) is 11.7. The molecule has 30 heavy (non-hydrogen) atoms. The predicted molar refractivity (Wildman–Crippen MR) is 118 cm³/mol. The van der Waals surface area contributed by atoms with E-state index in [9.17, 15) is 18.0 Å². The van der Waals surface area contributed by atoms with Crippen LogP contribution in [0, 0.1) is 17.5 Å². The summed E-state index contributed by atoms with van der Waals surface area (Å²) in [6.45, 7) is 0. The summed E-state index contributed by atoms with van der Waals surface area (Å²) in [6, 6.07) is 6.10. The summed E-state index contributed by atoms with van der Waals surface area (Å²) in [6.07, 6.45) is 7.65. The van der Waals surface area contributed by atoms with Crippen molar-refractivity contribution in [2.75, 3.05) is 11.1 Å². The standard InChI is InChI=1S/C23H18F3NOS2/c24-13-9-17(25)22(18(26)10-13)12-3-5-15-16(23(28)27-19(15)8-12)11-14-4-6-21(30-14)20-2-1-7-29-20/h3,5-6,8-11,14,20H,1-2,4,7H2,(H,27,28)/b16-11-. The van der Waals surface area contributed by atoms with Crippen molar-refractivity contribution in [1.29, 1.82) is 0 Å². The molecule has 2 aromatic rings. The zero-order valence-electron chi connectivity index (χ0n) is 15.9. The fraction of sp³-hybridized carbons (Fsp3) is 0.261. The fourth-order valence-corrected chi connectivity index (χ4v) is 6.92. The molecule has 3 aliphatic rings. The van der Waals surface area contributed by atoms with E-state index in [0.29, 0.717) is 28.6 Å². The van der Waals surface area contributed by atoms with E-state index in [-0.39, 0.29) is 22.3 Å². The highest BCUT2D eigenvalue weighted by molar-refractivity contribution is 8.07. The van der Waals surface area contributed by atoms with Gasteiger partial charge in [-0.05, 0) is 41.6 Å². The molecule has 1 saturated heterocycles. The topological polar surface area (TPSA) is 29.1 Å². The average molecular weight is 446 g/mol. The molecule has 2 nitrogen and oxygen atoms in total. The second-order valence-corrected chi connectivity index (χ2v) is 10.2. The predicted octanol–water partition coefficient (Wildman–Crippen LogP) is 6.39. The lowest BCUT2D eigenvalue weighted by Crippen LogP contribution is -2.06. The minimum atomic E-state index is -0.974. The number of hydrogen-bond acceptors (Lipinski definition) is 3. The number of amides is 1. The van der Waals surface area contributed by atoms with E-state index in [1.54, 1.807) is 12.1 Å². The average Bonchev–Trinajstić information content (AvgIpc) is 3.42. The summed E-state index contributed by atoms with van der Waals surface area (Å²) in [5.41, 5.74) is 1.76. The minimum Gasteiger partial charge on any atom is -0.321 e. The van der Waals surface area contributed by atoms with Crippen molar-refractivity contribution in [3.63, 3.8) is 0 Å². The number of hydrogen-bond donors (Lipinski definition) is 1. The van der Waals surface area contributed by atoms with Gasteiger partial charge in [-0.15, -0.1) is 11.8 Å². The van der Waals surface area contributed by atoms with Gasteiger partial charge in [0, 0.05) is 39.5 Å². The SMILES string of the molecule is O=C1Nc2cc(-c3c(F)cc(F)cc3F)ccc2/C1=C/C1CC=C(C2CCCS2)S1. The Kier molecular flexibility index (Phi) is 5.19. The van der Waals surface area contributed by atoms with Crippen molar-refractivity contribution >= 4 is 40.7 Å². The van der Waals surface area contributed by atoms with Gasteiger partial charge in [0.25, 0.3) is 5.91 Å². The number of halogens is 3. The van der Waals surface area contributed by atoms with Gasteiger partial charge in [0.15, 0.2) is 0 Å². The Morgan fingerprint density at radius 2 is 1.90 bits per heavy atom. The van der Waals surface area contributed by atoms with Gasteiger partial charge in [-0.3, -0.25) is 4.79 Å². The molecular weight excluding hydrogens is 427 g/mol. The van der Waals surface area contributed by atoms with Crippen molar-refractivity contribution < 1.29 is 18.0 Å². The molecule has 2 atom stereocenters. The third kappa shape index (κ3) is 3.58. The van der Waals surface area contributed by atoms with E-state index in [1.807, 2.05) is 29.6 Å². The molecule has 154 valence electrons. The number of anilines is 1. The maximum atomic E-state index is 14.1. The quantitative estimate of drug-likeness (QED) is 0.555. The summed E-state index contributed by atoms with van der Waals surface area (Å²) in [5.74, 6) is -1.92. The Morgan fingerprint density at radius 1 is 1.10 bits per heavy atom. The molecule has 7 heteroatoms. The Hall–Kier alpha value is -2.12. The molecule has 1 fully saturated rings. The number of rotatable bonds is 3. The van der Waals surface area contributed by atoms with E-state index in [4.69, 9.17) is 0 Å². The van der Waals surface area contributed by atoms with E-state index in [2.05, 4.69) is 11.4 Å². The molecule has 0 spiro atoms. The third-order valence-electron chi connectivity index (χ3n) is 5.54. The Morgan fingerprint density at radius 3 is 2.63 bits per heavy atom. The number of carbonyl (C=O) groups is 1. The zero-order valence-corrected chi connectivity index (χ0v) is 17.5. The lowest BCUT2D eigenvalue weighted by molar-refractivity contribution is -0.110. The monoisotopic (exact) mass is 445 g/mol. The van der Waals surface area contributed by atoms with Crippen molar-refractivity contribution in [1.82, 2.24) is 0 Å². The number of thioether (sulfide) groups is 2. The van der Waals surface area contributed by atoms with Gasteiger partial charge in [-0.25, -0.2) is 13.2 Å². The number of fused-ring (bicyclic) bond motifs is 1. The van der Waals surface area contributed by atoms with E-state index in [0.717, 1.165) is 12.0 Å². The maximum absolute atomic E-state index is 14.1. The van der Waals surface area contributed by atoms with E-state index < -0.39 is 17.5 Å². The smallest absolute Gasteiger partial charge is 0.256 e. The van der Waals surface area contributed by atoms with Gasteiger partial charge in [0.2, 0.25) is 0 Å². The van der Waals surface area contributed by atoms with Gasteiger partial charge in [-0.2, -0.15) is 11.8 Å². The molecule has 1 N–H and O–H groups in total. The van der Waals surface area contributed by atoms with Crippen LogP contribution in [0.2, 0.25) is 0 Å². The second kappa shape index (κ2) is 7.85. The summed E-state index contributed by atoms with van der Waals surface area (Å²) in [5, 5.41) is 3.59. The van der Waals surface area contributed by atoms with Gasteiger partial charge in [0.1, 0.15) is 17.5 Å². The van der Waals surface area contributed by atoms with Gasteiger partial charge < -0.3 is 5.32 Å². The van der Waals surface area contributed by atoms with Crippen LogP contribution < -0.4 is 5.32 Å². The lowest BCUT2D eigenvalue weighted by Gasteiger charge is -2.11. The van der Waals surface area contributed by atoms with Gasteiger partial charge >= 0.3 is 0 Å². The number of nitrogens with one attached hydrogen (secondary N) is 1. The van der Waals surface area contributed by atoms with Crippen LogP contribution in [0.4, 0.5) is 18.9 Å². The number of carbonyl (C=O) groups excluding carboxylic acids is 1. The number of benzene rings is 2. The minimum absolute atomic E-state index is 0.208. The zero-order chi connectivity index (χ0) is 20.8. The van der Waals surface area contributed by atoms with E-state index in [1.165, 1.54) is 29.6 Å². The molecule has 2 aromatic carbocycles.